The lowest BCUT2D eigenvalue weighted by molar-refractivity contribution is -0.862. The summed E-state index contributed by atoms with van der Waals surface area (Å²) in [6, 6.07) is 4.14. The molecule has 1 aromatic rings. The summed E-state index contributed by atoms with van der Waals surface area (Å²) >= 11 is 0. The summed E-state index contributed by atoms with van der Waals surface area (Å²) in [5.41, 5.74) is 5.35. The molecule has 27 heavy (non-hydrogen) atoms. The minimum absolute atomic E-state index is 0.0599. The van der Waals surface area contributed by atoms with Gasteiger partial charge in [-0.1, -0.05) is 23.8 Å². The van der Waals surface area contributed by atoms with Crippen molar-refractivity contribution < 1.29 is 14.5 Å². The van der Waals surface area contributed by atoms with Gasteiger partial charge in [-0.3, -0.25) is 9.59 Å². The molecule has 0 aliphatic heterocycles. The minimum atomic E-state index is -0.0599. The largest absolute Gasteiger partial charge is 0.322 e. The molecule has 2 rings (SSSR count). The van der Waals surface area contributed by atoms with E-state index in [1.807, 2.05) is 32.7 Å². The Balaban J connectivity index is 1.92. The second-order valence-corrected chi connectivity index (χ2v) is 7.71. The van der Waals surface area contributed by atoms with E-state index in [0.29, 0.717) is 13.1 Å². The number of carbonyl (C=O) groups is 2. The van der Waals surface area contributed by atoms with Crippen molar-refractivity contribution in [2.75, 3.05) is 32.0 Å². The highest BCUT2D eigenvalue weighted by Gasteiger charge is 2.22. The quantitative estimate of drug-likeness (QED) is 0.772. The molecule has 1 aromatic carbocycles. The molecule has 1 atom stereocenters. The van der Waals surface area contributed by atoms with Gasteiger partial charge in [-0.2, -0.15) is 0 Å². The van der Waals surface area contributed by atoms with Crippen LogP contribution in [0, 0.1) is 20.8 Å². The number of hydrogen-bond acceptors (Lipinski definition) is 2. The maximum Gasteiger partial charge on any atom is 0.281 e. The van der Waals surface area contributed by atoms with E-state index in [2.05, 4.69) is 30.4 Å². The van der Waals surface area contributed by atoms with Crippen molar-refractivity contribution in [1.29, 1.82) is 0 Å². The van der Waals surface area contributed by atoms with Crippen molar-refractivity contribution >= 4 is 17.5 Å². The molecule has 0 fully saturated rings. The van der Waals surface area contributed by atoms with Crippen LogP contribution in [0.5, 0.6) is 0 Å². The fourth-order valence-corrected chi connectivity index (χ4v) is 3.86. The van der Waals surface area contributed by atoms with Crippen LogP contribution in [0.25, 0.3) is 0 Å². The normalized spacial score (nSPS) is 15.1. The van der Waals surface area contributed by atoms with Crippen LogP contribution in [-0.2, 0) is 9.59 Å². The summed E-state index contributed by atoms with van der Waals surface area (Å²) < 4.78 is 0. The van der Waals surface area contributed by atoms with E-state index >= 15 is 0 Å². The first-order valence-electron chi connectivity index (χ1n) is 10.00. The molecule has 0 spiro atoms. The first-order chi connectivity index (χ1) is 12.8. The average molecular weight is 373 g/mol. The van der Waals surface area contributed by atoms with E-state index in [9.17, 15) is 9.59 Å². The summed E-state index contributed by atoms with van der Waals surface area (Å²) in [6.45, 7) is 9.36. The Labute approximate surface area is 163 Å². The highest BCUT2D eigenvalue weighted by atomic mass is 16.2. The predicted octanol–water partition coefficient (Wildman–Crippen LogP) is 2.37. The molecule has 0 bridgehead atoms. The number of anilines is 1. The molecule has 0 saturated heterocycles. The molecule has 1 aliphatic rings. The SMILES string of the molecule is CCN(C(=O)C[NH+](C)CC(=O)Nc1c(C)cc(C)cc1C)C1=CCCCC1. The molecule has 0 aromatic heterocycles. The second-order valence-electron chi connectivity index (χ2n) is 7.71. The third kappa shape index (κ3) is 5.93. The highest BCUT2D eigenvalue weighted by Crippen LogP contribution is 2.22. The van der Waals surface area contributed by atoms with Gasteiger partial charge in [0.15, 0.2) is 13.1 Å². The predicted molar refractivity (Wildman–Crippen MR) is 110 cm³/mol. The molecule has 5 heteroatoms. The van der Waals surface area contributed by atoms with Crippen molar-refractivity contribution in [3.8, 4) is 0 Å². The number of nitrogens with one attached hydrogen (secondary N) is 2. The molecule has 0 heterocycles. The van der Waals surface area contributed by atoms with Gasteiger partial charge in [0.2, 0.25) is 0 Å². The van der Waals surface area contributed by atoms with E-state index in [0.717, 1.165) is 46.7 Å². The van der Waals surface area contributed by atoms with Crippen molar-refractivity contribution in [2.45, 2.75) is 53.4 Å². The minimum Gasteiger partial charge on any atom is -0.322 e. The van der Waals surface area contributed by atoms with Gasteiger partial charge in [-0.05, 0) is 64.5 Å². The number of hydrogen-bond donors (Lipinski definition) is 2. The van der Waals surface area contributed by atoms with Gasteiger partial charge in [0.1, 0.15) is 0 Å². The lowest BCUT2D eigenvalue weighted by atomic mass is 10.0. The molecule has 2 amide bonds. The molecule has 0 saturated carbocycles. The third-order valence-corrected chi connectivity index (χ3v) is 5.09. The molecular weight excluding hydrogens is 338 g/mol. The first kappa shape index (κ1) is 21.2. The first-order valence-corrected chi connectivity index (χ1v) is 10.00. The maximum atomic E-state index is 12.7. The van der Waals surface area contributed by atoms with Crippen LogP contribution >= 0.6 is 0 Å². The van der Waals surface area contributed by atoms with Crippen LogP contribution in [0.15, 0.2) is 23.9 Å². The highest BCUT2D eigenvalue weighted by molar-refractivity contribution is 5.93. The summed E-state index contributed by atoms with van der Waals surface area (Å²) in [5, 5.41) is 3.02. The summed E-state index contributed by atoms with van der Waals surface area (Å²) in [4.78, 5) is 28.0. The van der Waals surface area contributed by atoms with Gasteiger partial charge in [0, 0.05) is 17.9 Å². The summed E-state index contributed by atoms with van der Waals surface area (Å²) in [7, 11) is 1.90. The van der Waals surface area contributed by atoms with Gasteiger partial charge in [0.25, 0.3) is 11.8 Å². The topological polar surface area (TPSA) is 53.9 Å². The molecule has 2 N–H and O–H groups in total. The third-order valence-electron chi connectivity index (χ3n) is 5.09. The van der Waals surface area contributed by atoms with Gasteiger partial charge in [0.05, 0.1) is 7.05 Å². The zero-order chi connectivity index (χ0) is 20.0. The Morgan fingerprint density at radius 2 is 1.78 bits per heavy atom. The van der Waals surface area contributed by atoms with Gasteiger partial charge >= 0.3 is 0 Å². The number of rotatable bonds is 7. The molecular formula is C22H34N3O2+. The monoisotopic (exact) mass is 372 g/mol. The second kappa shape index (κ2) is 9.70. The Morgan fingerprint density at radius 1 is 1.11 bits per heavy atom. The number of aryl methyl sites for hydroxylation is 3. The van der Waals surface area contributed by atoms with Crippen LogP contribution < -0.4 is 10.2 Å². The standard InChI is InChI=1S/C22H33N3O2/c1-6-25(19-10-8-7-9-11-19)21(27)15-24(5)14-20(26)23-22-17(3)12-16(2)13-18(22)4/h10,12-13H,6-9,11,14-15H2,1-5H3,(H,23,26)/p+1. The number of carbonyl (C=O) groups excluding carboxylic acids is 2. The smallest absolute Gasteiger partial charge is 0.281 e. The van der Waals surface area contributed by atoms with Gasteiger partial charge < -0.3 is 15.1 Å². The van der Waals surface area contributed by atoms with Crippen molar-refractivity contribution in [1.82, 2.24) is 4.90 Å². The van der Waals surface area contributed by atoms with Crippen LogP contribution in [0.4, 0.5) is 5.69 Å². The van der Waals surface area contributed by atoms with E-state index in [4.69, 9.17) is 0 Å². The van der Waals surface area contributed by atoms with Gasteiger partial charge in [-0.25, -0.2) is 0 Å². The van der Waals surface area contributed by atoms with Crippen LogP contribution in [0.1, 0.15) is 49.3 Å². The van der Waals surface area contributed by atoms with E-state index < -0.39 is 0 Å². The lowest BCUT2D eigenvalue weighted by Crippen LogP contribution is -3.11. The maximum absolute atomic E-state index is 12.7. The van der Waals surface area contributed by atoms with Crippen molar-refractivity contribution in [3.63, 3.8) is 0 Å². The zero-order valence-corrected chi connectivity index (χ0v) is 17.4. The van der Waals surface area contributed by atoms with Crippen LogP contribution in [-0.4, -0.2) is 43.4 Å². The Morgan fingerprint density at radius 3 is 2.33 bits per heavy atom. The molecule has 148 valence electrons. The number of allylic oxidation sites excluding steroid dienone is 2. The van der Waals surface area contributed by atoms with Gasteiger partial charge in [-0.15, -0.1) is 0 Å². The summed E-state index contributed by atoms with van der Waals surface area (Å²) in [6.07, 6.45) is 6.58. The van der Waals surface area contributed by atoms with E-state index in [1.165, 1.54) is 12.0 Å². The molecule has 5 nitrogen and oxygen atoms in total. The number of quaternary nitrogens is 1. The Hall–Kier alpha value is -2.14. The van der Waals surface area contributed by atoms with Crippen LogP contribution in [0.3, 0.4) is 0 Å². The number of nitrogens with zero attached hydrogens (tertiary/aromatic N) is 1. The average Bonchev–Trinajstić information content (AvgIpc) is 2.59. The summed E-state index contributed by atoms with van der Waals surface area (Å²) in [5.74, 6) is 0.0360. The number of likely N-dealkylation sites (N-methyl/N-ethyl adjacent to an activating group) is 2. The number of amides is 2. The van der Waals surface area contributed by atoms with Crippen molar-refractivity contribution in [3.05, 3.63) is 40.6 Å². The molecule has 1 aliphatic carbocycles. The van der Waals surface area contributed by atoms with Crippen LogP contribution in [0.2, 0.25) is 0 Å². The number of benzene rings is 1. The Kier molecular flexibility index (Phi) is 7.60. The van der Waals surface area contributed by atoms with E-state index in [-0.39, 0.29) is 18.4 Å². The van der Waals surface area contributed by atoms with Crippen molar-refractivity contribution in [2.24, 2.45) is 0 Å². The fourth-order valence-electron chi connectivity index (χ4n) is 3.86. The molecule has 1 unspecified atom stereocenters. The Bertz CT molecular complexity index is 701. The van der Waals surface area contributed by atoms with E-state index in [1.54, 1.807) is 0 Å². The zero-order valence-electron chi connectivity index (χ0n) is 17.4. The fraction of sp³-hybridized carbons (Fsp3) is 0.545. The lowest BCUT2D eigenvalue weighted by Gasteiger charge is -2.27. The molecule has 0 radical (unpaired) electrons.